The van der Waals surface area contributed by atoms with Crippen molar-refractivity contribution in [3.05, 3.63) is 58.6 Å². The molecule has 0 saturated carbocycles. The van der Waals surface area contributed by atoms with Gasteiger partial charge in [0, 0.05) is 18.0 Å². The molecule has 0 spiro atoms. The molecule has 0 radical (unpaired) electrons. The van der Waals surface area contributed by atoms with Gasteiger partial charge in [-0.25, -0.2) is 8.78 Å². The standard InChI is InChI=1S/C14H10F2N4S/c1-8-4-5-10(15)12(11(8)16)20-13(18-19-14(20)21)9-3-2-6-17-7-9/h2-7H,1H3,(H,19,21). The molecule has 4 nitrogen and oxygen atoms in total. The number of pyridine rings is 1. The van der Waals surface area contributed by atoms with Crippen LogP contribution in [-0.2, 0) is 0 Å². The molecule has 0 bridgehead atoms. The van der Waals surface area contributed by atoms with Gasteiger partial charge in [-0.3, -0.25) is 14.6 Å². The Kier molecular flexibility index (Phi) is 3.34. The second-order valence-electron chi connectivity index (χ2n) is 4.46. The molecule has 0 atom stereocenters. The highest BCUT2D eigenvalue weighted by atomic mass is 32.1. The Balaban J connectivity index is 2.33. The normalized spacial score (nSPS) is 10.8. The number of rotatable bonds is 2. The molecule has 7 heteroatoms. The quantitative estimate of drug-likeness (QED) is 0.736. The summed E-state index contributed by atoms with van der Waals surface area (Å²) in [5.74, 6) is -1.07. The summed E-state index contributed by atoms with van der Waals surface area (Å²) in [6.07, 6.45) is 3.15. The summed E-state index contributed by atoms with van der Waals surface area (Å²) in [7, 11) is 0. The van der Waals surface area contributed by atoms with Gasteiger partial charge in [-0.15, -0.1) is 0 Å². The Bertz CT molecular complexity index is 855. The van der Waals surface area contributed by atoms with Crippen molar-refractivity contribution in [3.8, 4) is 17.1 Å². The Morgan fingerprint density at radius 1 is 1.24 bits per heavy atom. The van der Waals surface area contributed by atoms with E-state index in [1.54, 1.807) is 31.5 Å². The Hall–Kier alpha value is -2.41. The molecular formula is C14H10F2N4S. The maximum Gasteiger partial charge on any atom is 0.200 e. The van der Waals surface area contributed by atoms with Crippen LogP contribution in [0.25, 0.3) is 17.1 Å². The van der Waals surface area contributed by atoms with E-state index in [4.69, 9.17) is 12.2 Å². The van der Waals surface area contributed by atoms with E-state index in [0.29, 0.717) is 17.0 Å². The zero-order valence-electron chi connectivity index (χ0n) is 11.0. The summed E-state index contributed by atoms with van der Waals surface area (Å²) in [5.41, 5.74) is 0.685. The van der Waals surface area contributed by atoms with Crippen LogP contribution < -0.4 is 0 Å². The van der Waals surface area contributed by atoms with E-state index < -0.39 is 11.6 Å². The molecule has 2 heterocycles. The van der Waals surface area contributed by atoms with Crippen molar-refractivity contribution in [3.63, 3.8) is 0 Å². The van der Waals surface area contributed by atoms with Crippen molar-refractivity contribution in [2.45, 2.75) is 6.92 Å². The predicted molar refractivity (Wildman–Crippen MR) is 76.6 cm³/mol. The molecule has 106 valence electrons. The Morgan fingerprint density at radius 3 is 2.76 bits per heavy atom. The third-order valence-electron chi connectivity index (χ3n) is 3.08. The number of benzene rings is 1. The van der Waals surface area contributed by atoms with Gasteiger partial charge in [0.2, 0.25) is 0 Å². The molecule has 0 aliphatic rings. The number of aromatic amines is 1. The molecule has 0 aliphatic carbocycles. The first kappa shape index (κ1) is 13.6. The van der Waals surface area contributed by atoms with Crippen LogP contribution in [-0.4, -0.2) is 19.7 Å². The molecular weight excluding hydrogens is 294 g/mol. The van der Waals surface area contributed by atoms with Gasteiger partial charge in [-0.1, -0.05) is 6.07 Å². The molecule has 0 amide bonds. The van der Waals surface area contributed by atoms with Crippen molar-refractivity contribution in [1.29, 1.82) is 0 Å². The number of hydrogen-bond donors (Lipinski definition) is 1. The summed E-state index contributed by atoms with van der Waals surface area (Å²) in [4.78, 5) is 3.98. The minimum absolute atomic E-state index is 0.109. The maximum absolute atomic E-state index is 14.3. The largest absolute Gasteiger partial charge is 0.264 e. The molecule has 2 aromatic heterocycles. The number of H-pyrrole nitrogens is 1. The third kappa shape index (κ3) is 2.25. The number of aromatic nitrogens is 4. The van der Waals surface area contributed by atoms with Crippen molar-refractivity contribution in [2.75, 3.05) is 0 Å². The van der Waals surface area contributed by atoms with E-state index in [-0.39, 0.29) is 10.5 Å². The zero-order chi connectivity index (χ0) is 15.0. The Morgan fingerprint density at radius 2 is 2.05 bits per heavy atom. The molecule has 1 aromatic carbocycles. The van der Waals surface area contributed by atoms with Crippen molar-refractivity contribution in [1.82, 2.24) is 19.7 Å². The second-order valence-corrected chi connectivity index (χ2v) is 4.84. The Labute approximate surface area is 124 Å². The molecule has 0 saturated heterocycles. The van der Waals surface area contributed by atoms with Crippen molar-refractivity contribution in [2.24, 2.45) is 0 Å². The van der Waals surface area contributed by atoms with Crippen LogP contribution in [0.15, 0.2) is 36.7 Å². The summed E-state index contributed by atoms with van der Waals surface area (Å²) in [5, 5.41) is 6.61. The van der Waals surface area contributed by atoms with Crippen LogP contribution in [0.3, 0.4) is 0 Å². The second kappa shape index (κ2) is 5.17. The van der Waals surface area contributed by atoms with Crippen molar-refractivity contribution < 1.29 is 8.78 Å². The van der Waals surface area contributed by atoms with E-state index in [1.807, 2.05) is 0 Å². The summed E-state index contributed by atoms with van der Waals surface area (Å²) >= 11 is 5.11. The highest BCUT2D eigenvalue weighted by molar-refractivity contribution is 7.71. The number of aryl methyl sites for hydroxylation is 1. The van der Waals surface area contributed by atoms with Gasteiger partial charge in [0.15, 0.2) is 16.4 Å². The summed E-state index contributed by atoms with van der Waals surface area (Å²) in [6, 6.07) is 6.03. The molecule has 1 N–H and O–H groups in total. The minimum Gasteiger partial charge on any atom is -0.264 e. The lowest BCUT2D eigenvalue weighted by Crippen LogP contribution is -2.05. The van der Waals surface area contributed by atoms with E-state index >= 15 is 0 Å². The molecule has 3 aromatic rings. The average molecular weight is 304 g/mol. The third-order valence-corrected chi connectivity index (χ3v) is 3.35. The SMILES string of the molecule is Cc1ccc(F)c(-n2c(-c3cccnc3)n[nH]c2=S)c1F. The topological polar surface area (TPSA) is 46.5 Å². The molecule has 0 aliphatic heterocycles. The van der Waals surface area contributed by atoms with Crippen LogP contribution in [0.5, 0.6) is 0 Å². The van der Waals surface area contributed by atoms with Crippen LogP contribution in [0.1, 0.15) is 5.56 Å². The van der Waals surface area contributed by atoms with Gasteiger partial charge >= 0.3 is 0 Å². The first-order valence-corrected chi connectivity index (χ1v) is 6.53. The fourth-order valence-corrected chi connectivity index (χ4v) is 2.26. The van der Waals surface area contributed by atoms with Gasteiger partial charge in [0.1, 0.15) is 11.5 Å². The van der Waals surface area contributed by atoms with Crippen LogP contribution in [0.4, 0.5) is 8.78 Å². The monoisotopic (exact) mass is 304 g/mol. The number of halogens is 2. The fourth-order valence-electron chi connectivity index (χ4n) is 2.04. The average Bonchev–Trinajstić information content (AvgIpc) is 2.87. The molecule has 0 unspecified atom stereocenters. The fraction of sp³-hybridized carbons (Fsp3) is 0.0714. The molecule has 21 heavy (non-hydrogen) atoms. The summed E-state index contributed by atoms with van der Waals surface area (Å²) in [6.45, 7) is 1.56. The zero-order valence-corrected chi connectivity index (χ0v) is 11.8. The van der Waals surface area contributed by atoms with Gasteiger partial charge < -0.3 is 0 Å². The van der Waals surface area contributed by atoms with E-state index in [2.05, 4.69) is 15.2 Å². The van der Waals surface area contributed by atoms with Crippen LogP contribution in [0, 0.1) is 23.3 Å². The summed E-state index contributed by atoms with van der Waals surface area (Å²) < 4.78 is 29.8. The lowest BCUT2D eigenvalue weighted by Gasteiger charge is -2.10. The van der Waals surface area contributed by atoms with Gasteiger partial charge in [-0.05, 0) is 42.9 Å². The van der Waals surface area contributed by atoms with Gasteiger partial charge in [-0.2, -0.15) is 5.10 Å². The predicted octanol–water partition coefficient (Wildman–Crippen LogP) is 3.58. The number of nitrogens with one attached hydrogen (secondary N) is 1. The van der Waals surface area contributed by atoms with Crippen LogP contribution >= 0.6 is 12.2 Å². The lowest BCUT2D eigenvalue weighted by molar-refractivity contribution is 0.563. The smallest absolute Gasteiger partial charge is 0.200 e. The van der Waals surface area contributed by atoms with E-state index in [9.17, 15) is 8.78 Å². The first-order valence-electron chi connectivity index (χ1n) is 6.12. The minimum atomic E-state index is -0.708. The van der Waals surface area contributed by atoms with Gasteiger partial charge in [0.25, 0.3) is 0 Å². The maximum atomic E-state index is 14.3. The molecule has 3 rings (SSSR count). The number of nitrogens with zero attached hydrogens (tertiary/aromatic N) is 3. The van der Waals surface area contributed by atoms with Crippen molar-refractivity contribution >= 4 is 12.2 Å². The highest BCUT2D eigenvalue weighted by Crippen LogP contribution is 2.26. The van der Waals surface area contributed by atoms with Crippen LogP contribution in [0.2, 0.25) is 0 Å². The highest BCUT2D eigenvalue weighted by Gasteiger charge is 2.19. The van der Waals surface area contributed by atoms with Gasteiger partial charge in [0.05, 0.1) is 0 Å². The van der Waals surface area contributed by atoms with E-state index in [1.165, 1.54) is 16.7 Å². The number of hydrogen-bond acceptors (Lipinski definition) is 3. The molecule has 0 fully saturated rings. The first-order chi connectivity index (χ1) is 10.1. The lowest BCUT2D eigenvalue weighted by atomic mass is 10.2. The van der Waals surface area contributed by atoms with E-state index in [0.717, 1.165) is 0 Å².